The van der Waals surface area contributed by atoms with E-state index in [1.165, 1.54) is 16.2 Å². The van der Waals surface area contributed by atoms with Crippen LogP contribution in [0.1, 0.15) is 23.4 Å². The molecule has 1 N–H and O–H groups in total. The number of aryl methyl sites for hydroxylation is 1. The molecule has 27 heavy (non-hydrogen) atoms. The number of hydrogen-bond acceptors (Lipinski definition) is 5. The molecule has 8 nitrogen and oxygen atoms in total. The first-order valence-electron chi connectivity index (χ1n) is 9.20. The zero-order valence-electron chi connectivity index (χ0n) is 15.8. The molecule has 0 spiro atoms. The first-order chi connectivity index (χ1) is 13.1. The molecule has 1 aromatic carbocycles. The highest BCUT2D eigenvalue weighted by Crippen LogP contribution is 2.33. The summed E-state index contributed by atoms with van der Waals surface area (Å²) in [6.45, 7) is 4.35. The number of nitrogens with one attached hydrogen (secondary N) is 1. The van der Waals surface area contributed by atoms with Crippen LogP contribution in [0, 0.1) is 0 Å². The number of carbonyl (C=O) groups is 1. The summed E-state index contributed by atoms with van der Waals surface area (Å²) in [5, 5.41) is 7.52. The van der Waals surface area contributed by atoms with Crippen molar-refractivity contribution in [1.82, 2.24) is 24.9 Å². The molecular formula is C19H25N5O3. The first-order valence-corrected chi connectivity index (χ1v) is 9.20. The van der Waals surface area contributed by atoms with Crippen LogP contribution in [0.15, 0.2) is 24.3 Å². The van der Waals surface area contributed by atoms with Gasteiger partial charge in [0.25, 0.3) is 0 Å². The SMILES string of the molecule is CN(C)C(=O)NCc1cc2n(n1)CCCN(Cc1ccc3c(c1)OCO3)C2. The highest BCUT2D eigenvalue weighted by Gasteiger charge is 2.19. The van der Waals surface area contributed by atoms with Crippen molar-refractivity contribution in [2.24, 2.45) is 0 Å². The van der Waals surface area contributed by atoms with Crippen molar-refractivity contribution in [2.45, 2.75) is 32.6 Å². The quantitative estimate of drug-likeness (QED) is 0.887. The van der Waals surface area contributed by atoms with Crippen molar-refractivity contribution in [1.29, 1.82) is 0 Å². The van der Waals surface area contributed by atoms with Gasteiger partial charge in [-0.1, -0.05) is 6.07 Å². The summed E-state index contributed by atoms with van der Waals surface area (Å²) in [7, 11) is 3.46. The van der Waals surface area contributed by atoms with Gasteiger partial charge in [-0.25, -0.2) is 4.79 Å². The Kier molecular flexibility index (Phi) is 4.89. The molecule has 2 amide bonds. The predicted molar refractivity (Wildman–Crippen MR) is 99.4 cm³/mol. The number of aromatic nitrogens is 2. The first kappa shape index (κ1) is 17.7. The van der Waals surface area contributed by atoms with Crippen LogP contribution in [0.25, 0.3) is 0 Å². The Hall–Kier alpha value is -2.74. The molecular weight excluding hydrogens is 346 g/mol. The van der Waals surface area contributed by atoms with E-state index in [0.717, 1.165) is 49.8 Å². The molecule has 4 rings (SSSR count). The highest BCUT2D eigenvalue weighted by atomic mass is 16.7. The van der Waals surface area contributed by atoms with Gasteiger partial charge in [-0.3, -0.25) is 9.58 Å². The van der Waals surface area contributed by atoms with Gasteiger partial charge < -0.3 is 19.7 Å². The Balaban J connectivity index is 1.41. The number of nitrogens with zero attached hydrogens (tertiary/aromatic N) is 4. The molecule has 0 bridgehead atoms. The number of amides is 2. The average molecular weight is 371 g/mol. The number of fused-ring (bicyclic) bond motifs is 2. The van der Waals surface area contributed by atoms with Crippen molar-refractivity contribution in [2.75, 3.05) is 27.4 Å². The Morgan fingerprint density at radius 2 is 2.07 bits per heavy atom. The summed E-state index contributed by atoms with van der Waals surface area (Å²) in [4.78, 5) is 15.6. The lowest BCUT2D eigenvalue weighted by Gasteiger charge is -2.19. The van der Waals surface area contributed by atoms with Crippen LogP contribution in [-0.2, 0) is 26.2 Å². The van der Waals surface area contributed by atoms with Gasteiger partial charge in [0.15, 0.2) is 11.5 Å². The van der Waals surface area contributed by atoms with Crippen molar-refractivity contribution < 1.29 is 14.3 Å². The van der Waals surface area contributed by atoms with Crippen LogP contribution < -0.4 is 14.8 Å². The Morgan fingerprint density at radius 1 is 1.22 bits per heavy atom. The Bertz CT molecular complexity index is 833. The molecule has 3 heterocycles. The molecule has 0 aliphatic carbocycles. The lowest BCUT2D eigenvalue weighted by molar-refractivity contribution is 0.174. The molecule has 2 aromatic rings. The highest BCUT2D eigenvalue weighted by molar-refractivity contribution is 5.73. The van der Waals surface area contributed by atoms with E-state index in [0.29, 0.717) is 13.3 Å². The van der Waals surface area contributed by atoms with Gasteiger partial charge >= 0.3 is 6.03 Å². The van der Waals surface area contributed by atoms with Crippen LogP contribution in [0.3, 0.4) is 0 Å². The zero-order chi connectivity index (χ0) is 18.8. The van der Waals surface area contributed by atoms with Crippen LogP contribution in [-0.4, -0.2) is 53.0 Å². The summed E-state index contributed by atoms with van der Waals surface area (Å²) in [5.41, 5.74) is 3.29. The smallest absolute Gasteiger partial charge is 0.317 e. The molecule has 1 aromatic heterocycles. The summed E-state index contributed by atoms with van der Waals surface area (Å²) in [5.74, 6) is 1.64. The van der Waals surface area contributed by atoms with E-state index in [1.807, 2.05) is 6.07 Å². The van der Waals surface area contributed by atoms with Gasteiger partial charge in [0, 0.05) is 40.3 Å². The van der Waals surface area contributed by atoms with Gasteiger partial charge in [-0.15, -0.1) is 0 Å². The minimum atomic E-state index is -0.109. The van der Waals surface area contributed by atoms with Crippen molar-refractivity contribution in [3.63, 3.8) is 0 Å². The summed E-state index contributed by atoms with van der Waals surface area (Å²) in [6, 6.07) is 8.12. The molecule has 0 atom stereocenters. The third kappa shape index (κ3) is 4.00. The lowest BCUT2D eigenvalue weighted by atomic mass is 10.2. The van der Waals surface area contributed by atoms with Gasteiger partial charge in [-0.05, 0) is 30.2 Å². The predicted octanol–water partition coefficient (Wildman–Crippen LogP) is 1.79. The van der Waals surface area contributed by atoms with E-state index in [2.05, 4.69) is 38.2 Å². The van der Waals surface area contributed by atoms with Gasteiger partial charge in [0.1, 0.15) is 0 Å². The average Bonchev–Trinajstić information content (AvgIpc) is 3.21. The van der Waals surface area contributed by atoms with E-state index >= 15 is 0 Å². The van der Waals surface area contributed by atoms with E-state index in [9.17, 15) is 4.79 Å². The second-order valence-electron chi connectivity index (χ2n) is 7.16. The zero-order valence-corrected chi connectivity index (χ0v) is 15.8. The molecule has 0 radical (unpaired) electrons. The van der Waals surface area contributed by atoms with E-state index in [-0.39, 0.29) is 6.03 Å². The summed E-state index contributed by atoms with van der Waals surface area (Å²) in [6.07, 6.45) is 1.04. The molecule has 2 aliphatic heterocycles. The third-order valence-electron chi connectivity index (χ3n) is 4.81. The number of carbonyl (C=O) groups excluding carboxylic acids is 1. The van der Waals surface area contributed by atoms with Crippen molar-refractivity contribution in [3.05, 3.63) is 41.2 Å². The van der Waals surface area contributed by atoms with E-state index in [4.69, 9.17) is 9.47 Å². The molecule has 8 heteroatoms. The standard InChI is InChI=1S/C19H25N5O3/c1-22(2)19(25)20-10-15-9-16-12-23(6-3-7-24(16)21-15)11-14-4-5-17-18(8-14)27-13-26-17/h4-5,8-9H,3,6-7,10-13H2,1-2H3,(H,20,25). The normalized spacial score (nSPS) is 15.9. The summed E-state index contributed by atoms with van der Waals surface area (Å²) >= 11 is 0. The fourth-order valence-corrected chi connectivity index (χ4v) is 3.43. The van der Waals surface area contributed by atoms with Gasteiger partial charge in [0.05, 0.1) is 17.9 Å². The Morgan fingerprint density at radius 3 is 2.93 bits per heavy atom. The lowest BCUT2D eigenvalue weighted by Crippen LogP contribution is -2.34. The molecule has 0 saturated heterocycles. The molecule has 0 unspecified atom stereocenters. The molecule has 0 saturated carbocycles. The number of hydrogen-bond donors (Lipinski definition) is 1. The monoisotopic (exact) mass is 371 g/mol. The molecule has 144 valence electrons. The fraction of sp³-hybridized carbons (Fsp3) is 0.474. The van der Waals surface area contributed by atoms with E-state index in [1.54, 1.807) is 14.1 Å². The minimum absolute atomic E-state index is 0.109. The second-order valence-corrected chi connectivity index (χ2v) is 7.16. The fourth-order valence-electron chi connectivity index (χ4n) is 3.43. The van der Waals surface area contributed by atoms with Crippen LogP contribution >= 0.6 is 0 Å². The molecule has 2 aliphatic rings. The van der Waals surface area contributed by atoms with Crippen LogP contribution in [0.5, 0.6) is 11.5 Å². The third-order valence-corrected chi connectivity index (χ3v) is 4.81. The number of urea groups is 1. The largest absolute Gasteiger partial charge is 0.454 e. The van der Waals surface area contributed by atoms with Gasteiger partial charge in [0.2, 0.25) is 6.79 Å². The van der Waals surface area contributed by atoms with Crippen LogP contribution in [0.4, 0.5) is 4.79 Å². The maximum absolute atomic E-state index is 11.7. The number of ether oxygens (including phenoxy) is 2. The van der Waals surface area contributed by atoms with Crippen molar-refractivity contribution >= 4 is 6.03 Å². The summed E-state index contributed by atoms with van der Waals surface area (Å²) < 4.78 is 12.9. The number of rotatable bonds is 4. The topological polar surface area (TPSA) is 71.9 Å². The van der Waals surface area contributed by atoms with Crippen molar-refractivity contribution in [3.8, 4) is 11.5 Å². The maximum atomic E-state index is 11.7. The Labute approximate surface area is 158 Å². The minimum Gasteiger partial charge on any atom is -0.454 e. The van der Waals surface area contributed by atoms with E-state index < -0.39 is 0 Å². The second kappa shape index (κ2) is 7.48. The van der Waals surface area contributed by atoms with Crippen LogP contribution in [0.2, 0.25) is 0 Å². The number of benzene rings is 1. The molecule has 0 fully saturated rings. The van der Waals surface area contributed by atoms with Gasteiger partial charge in [-0.2, -0.15) is 5.10 Å². The maximum Gasteiger partial charge on any atom is 0.317 e.